The van der Waals surface area contributed by atoms with E-state index in [-0.39, 0.29) is 17.5 Å². The van der Waals surface area contributed by atoms with E-state index in [2.05, 4.69) is 10.1 Å². The molecule has 3 rings (SSSR count). The van der Waals surface area contributed by atoms with Gasteiger partial charge in [0.1, 0.15) is 0 Å². The fraction of sp³-hybridized carbons (Fsp3) is 0.429. The SMILES string of the molecule is [2H]c1nn(-c2nc(B3OC(C)(C)C(C)(C)O3)c([2H])c([2H])c2[2H])c([2H])c1[2H]. The maximum absolute atomic E-state index is 8.14. The van der Waals surface area contributed by atoms with Crippen molar-refractivity contribution in [2.75, 3.05) is 0 Å². The first-order valence-corrected chi connectivity index (χ1v) is 6.24. The van der Waals surface area contributed by atoms with E-state index in [0.29, 0.717) is 0 Å². The van der Waals surface area contributed by atoms with Gasteiger partial charge in [-0.15, -0.1) is 0 Å². The van der Waals surface area contributed by atoms with Crippen LogP contribution in [0.5, 0.6) is 0 Å². The Bertz CT molecular complexity index is 886. The molecule has 0 bridgehead atoms. The second kappa shape index (κ2) is 4.43. The van der Waals surface area contributed by atoms with Crippen LogP contribution in [0.3, 0.4) is 0 Å². The maximum atomic E-state index is 8.14. The van der Waals surface area contributed by atoms with Gasteiger partial charge in [-0.05, 0) is 45.8 Å². The van der Waals surface area contributed by atoms with Crippen LogP contribution in [0.1, 0.15) is 35.9 Å². The summed E-state index contributed by atoms with van der Waals surface area (Å²) in [5.41, 5.74) is -1.36. The second-order valence-electron chi connectivity index (χ2n) is 5.54. The molecule has 2 aromatic rings. The Morgan fingerprint density at radius 2 is 1.85 bits per heavy atom. The molecule has 6 heteroatoms. The summed E-state index contributed by atoms with van der Waals surface area (Å²) >= 11 is 0. The van der Waals surface area contributed by atoms with Gasteiger partial charge in [0.25, 0.3) is 0 Å². The fourth-order valence-corrected chi connectivity index (χ4v) is 1.77. The highest BCUT2D eigenvalue weighted by Gasteiger charge is 2.52. The van der Waals surface area contributed by atoms with Crippen LogP contribution in [-0.2, 0) is 9.31 Å². The van der Waals surface area contributed by atoms with Crippen LogP contribution in [0.4, 0.5) is 0 Å². The van der Waals surface area contributed by atoms with Crippen LogP contribution >= 0.6 is 0 Å². The lowest BCUT2D eigenvalue weighted by Gasteiger charge is -2.32. The molecular weight excluding hydrogens is 253 g/mol. The average Bonchev–Trinajstić information content (AvgIpc) is 2.91. The summed E-state index contributed by atoms with van der Waals surface area (Å²) in [4.78, 5) is 4.20. The molecule has 0 radical (unpaired) electrons. The van der Waals surface area contributed by atoms with E-state index in [9.17, 15) is 0 Å². The molecule has 1 aliphatic rings. The van der Waals surface area contributed by atoms with Gasteiger partial charge >= 0.3 is 7.12 Å². The van der Waals surface area contributed by atoms with E-state index in [1.807, 2.05) is 27.7 Å². The molecule has 0 aliphatic carbocycles. The largest absolute Gasteiger partial charge is 0.514 e. The number of nitrogens with zero attached hydrogens (tertiary/aromatic N) is 3. The summed E-state index contributed by atoms with van der Waals surface area (Å²) < 4.78 is 59.9. The minimum absolute atomic E-state index is 0.00684. The van der Waals surface area contributed by atoms with Crippen LogP contribution in [0.2, 0.25) is 0 Å². The zero-order valence-electron chi connectivity index (χ0n) is 17.7. The molecule has 0 spiro atoms. The Morgan fingerprint density at radius 1 is 1.15 bits per heavy atom. The minimum Gasteiger partial charge on any atom is -0.398 e. The van der Waals surface area contributed by atoms with E-state index in [4.69, 9.17) is 17.5 Å². The van der Waals surface area contributed by atoms with E-state index in [0.717, 1.165) is 4.68 Å². The monoisotopic (exact) mass is 277 g/mol. The second-order valence-corrected chi connectivity index (χ2v) is 5.54. The number of pyridine rings is 1. The van der Waals surface area contributed by atoms with Gasteiger partial charge in [-0.25, -0.2) is 9.67 Å². The van der Waals surface area contributed by atoms with Crippen molar-refractivity contribution in [1.82, 2.24) is 14.8 Å². The lowest BCUT2D eigenvalue weighted by atomic mass is 9.84. The van der Waals surface area contributed by atoms with Gasteiger partial charge in [-0.1, -0.05) is 6.04 Å². The molecule has 20 heavy (non-hydrogen) atoms. The van der Waals surface area contributed by atoms with Crippen LogP contribution in [0.25, 0.3) is 5.82 Å². The Kier molecular flexibility index (Phi) is 1.76. The van der Waals surface area contributed by atoms with Crippen molar-refractivity contribution in [3.8, 4) is 5.82 Å². The third-order valence-electron chi connectivity index (χ3n) is 3.64. The lowest BCUT2D eigenvalue weighted by molar-refractivity contribution is 0.00578. The van der Waals surface area contributed by atoms with Crippen molar-refractivity contribution in [1.29, 1.82) is 0 Å². The molecule has 2 aromatic heterocycles. The van der Waals surface area contributed by atoms with Gasteiger partial charge in [0, 0.05) is 12.3 Å². The zero-order chi connectivity index (χ0) is 19.6. The van der Waals surface area contributed by atoms with Crippen LogP contribution in [0.15, 0.2) is 36.5 Å². The summed E-state index contributed by atoms with van der Waals surface area (Å²) in [7, 11) is -1.02. The number of aromatic nitrogens is 3. The van der Waals surface area contributed by atoms with Gasteiger partial charge in [-0.2, -0.15) is 5.10 Å². The first-order chi connectivity index (χ1) is 11.9. The zero-order valence-corrected chi connectivity index (χ0v) is 11.7. The van der Waals surface area contributed by atoms with Gasteiger partial charge in [0.05, 0.1) is 25.0 Å². The maximum Gasteiger partial charge on any atom is 0.514 e. The summed E-state index contributed by atoms with van der Waals surface area (Å²) in [5.74, 6) is -0.215. The smallest absolute Gasteiger partial charge is 0.398 e. The molecule has 104 valence electrons. The molecule has 0 unspecified atom stereocenters. The third-order valence-corrected chi connectivity index (χ3v) is 3.64. The predicted molar refractivity (Wildman–Crippen MR) is 77.1 cm³/mol. The highest BCUT2D eigenvalue weighted by atomic mass is 16.7. The van der Waals surface area contributed by atoms with Crippen molar-refractivity contribution in [2.45, 2.75) is 38.9 Å². The van der Waals surface area contributed by atoms with Crippen molar-refractivity contribution in [3.05, 3.63) is 36.5 Å². The van der Waals surface area contributed by atoms with Crippen LogP contribution < -0.4 is 5.59 Å². The third kappa shape index (κ3) is 2.15. The van der Waals surface area contributed by atoms with Gasteiger partial charge in [0.15, 0.2) is 5.82 Å². The van der Waals surface area contributed by atoms with Gasteiger partial charge in [-0.3, -0.25) is 0 Å². The Labute approximate surface area is 127 Å². The van der Waals surface area contributed by atoms with Crippen molar-refractivity contribution >= 4 is 12.7 Å². The van der Waals surface area contributed by atoms with Crippen molar-refractivity contribution < 1.29 is 17.5 Å². The summed E-state index contributed by atoms with van der Waals surface area (Å²) in [6.45, 7) is 7.36. The fourth-order valence-electron chi connectivity index (χ4n) is 1.77. The highest BCUT2D eigenvalue weighted by molar-refractivity contribution is 6.61. The van der Waals surface area contributed by atoms with E-state index >= 15 is 0 Å². The average molecular weight is 277 g/mol. The molecule has 5 nitrogen and oxygen atoms in total. The molecule has 1 fully saturated rings. The van der Waals surface area contributed by atoms with E-state index in [1.165, 1.54) is 0 Å². The van der Waals surface area contributed by atoms with E-state index < -0.39 is 48.8 Å². The number of hydrogen-bond donors (Lipinski definition) is 0. The molecule has 1 aliphatic heterocycles. The first kappa shape index (κ1) is 7.95. The summed E-state index contributed by atoms with van der Waals surface area (Å²) in [5, 5.41) is 3.74. The lowest BCUT2D eigenvalue weighted by Crippen LogP contribution is -2.41. The van der Waals surface area contributed by atoms with Gasteiger partial charge < -0.3 is 9.31 Å². The summed E-state index contributed by atoms with van der Waals surface area (Å²) in [6.07, 6.45) is -0.858. The number of rotatable bonds is 2. The molecule has 0 N–H and O–H groups in total. The van der Waals surface area contributed by atoms with Gasteiger partial charge in [0.2, 0.25) is 0 Å². The normalized spacial score (nSPS) is 24.5. The Balaban J connectivity index is 2.17. The predicted octanol–water partition coefficient (Wildman–Crippen LogP) is 1.57. The molecular formula is C14H18BN3O2. The summed E-state index contributed by atoms with van der Waals surface area (Å²) in [6, 6.07) is -1.57. The van der Waals surface area contributed by atoms with E-state index in [1.54, 1.807) is 0 Å². The molecule has 0 atom stereocenters. The Morgan fingerprint density at radius 3 is 2.45 bits per heavy atom. The Hall–Kier alpha value is -1.66. The first-order valence-electron chi connectivity index (χ1n) is 9.24. The quantitative estimate of drug-likeness (QED) is 0.782. The molecule has 0 aromatic carbocycles. The molecule has 0 amide bonds. The van der Waals surface area contributed by atoms with Crippen LogP contribution in [-0.4, -0.2) is 33.1 Å². The van der Waals surface area contributed by atoms with Crippen LogP contribution in [0, 0.1) is 0 Å². The minimum atomic E-state index is -1.02. The molecule has 0 saturated carbocycles. The standard InChI is InChI=1S/C14H18BN3O2/c1-13(2)14(3,4)20-15(19-13)11-7-5-8-12(17-11)18-10-6-9-16-18/h5-10H,1-4H3/i5D,6D,7D,8D,9D,10D. The highest BCUT2D eigenvalue weighted by Crippen LogP contribution is 2.36. The molecule has 3 heterocycles. The number of hydrogen-bond acceptors (Lipinski definition) is 4. The van der Waals surface area contributed by atoms with Crippen molar-refractivity contribution in [3.63, 3.8) is 0 Å². The molecule has 1 saturated heterocycles. The topological polar surface area (TPSA) is 49.2 Å². The van der Waals surface area contributed by atoms with Crippen molar-refractivity contribution in [2.24, 2.45) is 0 Å².